The van der Waals surface area contributed by atoms with Gasteiger partial charge in [0, 0.05) is 18.5 Å². The zero-order valence-corrected chi connectivity index (χ0v) is 14.5. The van der Waals surface area contributed by atoms with E-state index in [2.05, 4.69) is 25.3 Å². The number of nitrogens with zero attached hydrogens (tertiary/aromatic N) is 1. The molecule has 0 bridgehead atoms. The molecular formula is C16H13N5O5S. The summed E-state index contributed by atoms with van der Waals surface area (Å²) < 4.78 is 0.0611. The lowest BCUT2D eigenvalue weighted by Gasteiger charge is -2.06. The fourth-order valence-electron chi connectivity index (χ4n) is 2.37. The van der Waals surface area contributed by atoms with Gasteiger partial charge < -0.3 is 20.4 Å². The van der Waals surface area contributed by atoms with Gasteiger partial charge in [0.1, 0.15) is 11.3 Å². The van der Waals surface area contributed by atoms with E-state index in [4.69, 9.17) is 17.3 Å². The Balaban J connectivity index is 1.72. The van der Waals surface area contributed by atoms with Crippen molar-refractivity contribution in [1.82, 2.24) is 19.9 Å². The number of aryl methyl sites for hydroxylation is 1. The molecule has 138 valence electrons. The highest BCUT2D eigenvalue weighted by Gasteiger charge is 2.11. The Kier molecular flexibility index (Phi) is 4.94. The van der Waals surface area contributed by atoms with Crippen LogP contribution in [0.1, 0.15) is 22.5 Å². The van der Waals surface area contributed by atoms with Crippen molar-refractivity contribution in [3.63, 3.8) is 0 Å². The molecule has 5 N–H and O–H groups in total. The number of amides is 1. The van der Waals surface area contributed by atoms with Gasteiger partial charge in [0.05, 0.1) is 5.56 Å². The number of nitrogens with one attached hydrogen (secondary N) is 4. The van der Waals surface area contributed by atoms with E-state index in [1.165, 1.54) is 24.3 Å². The molecule has 0 unspecified atom stereocenters. The molecule has 10 nitrogen and oxygen atoms in total. The van der Waals surface area contributed by atoms with Crippen LogP contribution in [0.2, 0.25) is 0 Å². The predicted molar refractivity (Wildman–Crippen MR) is 98.5 cm³/mol. The molecule has 0 aliphatic rings. The molecule has 0 spiro atoms. The number of hydrogen-bond donors (Lipinski definition) is 5. The summed E-state index contributed by atoms with van der Waals surface area (Å²) in [4.78, 5) is 58.3. The summed E-state index contributed by atoms with van der Waals surface area (Å²) in [6, 6.07) is 5.65. The summed E-state index contributed by atoms with van der Waals surface area (Å²) in [5.74, 6) is -1.45. The largest absolute Gasteiger partial charge is 0.478 e. The van der Waals surface area contributed by atoms with Crippen LogP contribution in [-0.4, -0.2) is 36.9 Å². The highest BCUT2D eigenvalue weighted by atomic mass is 32.1. The van der Waals surface area contributed by atoms with Gasteiger partial charge in [0.2, 0.25) is 5.91 Å². The average molecular weight is 387 g/mol. The predicted octanol–water partition coefficient (Wildman–Crippen LogP) is 0.938. The molecule has 0 radical (unpaired) electrons. The molecule has 0 saturated heterocycles. The second-order valence-corrected chi connectivity index (χ2v) is 5.98. The number of carbonyl (C=O) groups is 2. The Morgan fingerprint density at radius 2 is 1.78 bits per heavy atom. The molecule has 3 rings (SSSR count). The number of aromatic carboxylic acids is 1. The first kappa shape index (κ1) is 18.2. The SMILES string of the molecule is O=C(CCc1nc2c(=O)[nH]c(=S)[nH]c2[nH]c1=O)Nc1ccc(C(=O)O)cc1. The maximum absolute atomic E-state index is 12.1. The van der Waals surface area contributed by atoms with E-state index in [1.807, 2.05) is 0 Å². The third-order valence-corrected chi connectivity index (χ3v) is 3.87. The Bertz CT molecular complexity index is 1210. The van der Waals surface area contributed by atoms with Crippen LogP contribution in [0.3, 0.4) is 0 Å². The topological polar surface area (TPSA) is 161 Å². The maximum atomic E-state index is 12.1. The smallest absolute Gasteiger partial charge is 0.335 e. The second-order valence-electron chi connectivity index (χ2n) is 5.58. The molecule has 1 amide bonds. The number of hydrogen-bond acceptors (Lipinski definition) is 6. The van der Waals surface area contributed by atoms with Crippen LogP contribution in [-0.2, 0) is 11.2 Å². The molecule has 0 fully saturated rings. The van der Waals surface area contributed by atoms with Crippen molar-refractivity contribution in [2.45, 2.75) is 12.8 Å². The van der Waals surface area contributed by atoms with Crippen LogP contribution in [0, 0.1) is 4.77 Å². The molecule has 0 saturated carbocycles. The Hall–Kier alpha value is -3.60. The summed E-state index contributed by atoms with van der Waals surface area (Å²) in [7, 11) is 0. The van der Waals surface area contributed by atoms with Gasteiger partial charge in [0.15, 0.2) is 10.3 Å². The Morgan fingerprint density at radius 1 is 1.07 bits per heavy atom. The lowest BCUT2D eigenvalue weighted by Crippen LogP contribution is -2.22. The van der Waals surface area contributed by atoms with Crippen LogP contribution >= 0.6 is 12.2 Å². The zero-order valence-electron chi connectivity index (χ0n) is 13.7. The molecule has 0 aliphatic heterocycles. The lowest BCUT2D eigenvalue weighted by atomic mass is 10.2. The average Bonchev–Trinajstić information content (AvgIpc) is 2.60. The number of anilines is 1. The van der Waals surface area contributed by atoms with Crippen molar-refractivity contribution in [2.24, 2.45) is 0 Å². The van der Waals surface area contributed by atoms with Gasteiger partial charge in [-0.2, -0.15) is 0 Å². The van der Waals surface area contributed by atoms with Crippen LogP contribution < -0.4 is 16.4 Å². The molecule has 1 aromatic carbocycles. The minimum atomic E-state index is -1.06. The summed E-state index contributed by atoms with van der Waals surface area (Å²) in [6.07, 6.45) is -0.0393. The highest BCUT2D eigenvalue weighted by molar-refractivity contribution is 7.71. The number of carbonyl (C=O) groups excluding carboxylic acids is 1. The number of carboxylic acid groups (broad SMARTS) is 1. The van der Waals surface area contributed by atoms with Crippen molar-refractivity contribution in [3.05, 3.63) is 61.0 Å². The first-order valence-electron chi connectivity index (χ1n) is 7.72. The maximum Gasteiger partial charge on any atom is 0.335 e. The number of carboxylic acids is 1. The second kappa shape index (κ2) is 7.33. The summed E-state index contributed by atoms with van der Waals surface area (Å²) in [5.41, 5.74) is -0.414. The van der Waals surface area contributed by atoms with E-state index in [0.29, 0.717) is 5.69 Å². The van der Waals surface area contributed by atoms with Crippen molar-refractivity contribution in [2.75, 3.05) is 5.32 Å². The van der Waals surface area contributed by atoms with Crippen LogP contribution in [0.25, 0.3) is 11.2 Å². The fourth-order valence-corrected chi connectivity index (χ4v) is 2.56. The van der Waals surface area contributed by atoms with Gasteiger partial charge in [-0.05, 0) is 36.5 Å². The Labute approximate surface area is 155 Å². The van der Waals surface area contributed by atoms with E-state index in [-0.39, 0.29) is 45.9 Å². The standard InChI is InChI=1S/C16H13N5O5S/c22-10(17-8-3-1-7(2-4-8)15(25)26)6-5-9-13(23)19-12-11(18-9)14(24)21-16(27)20-12/h1-4H,5-6H2,(H,17,22)(H,25,26)(H3,19,20,21,23,24,27). The van der Waals surface area contributed by atoms with Gasteiger partial charge in [-0.3, -0.25) is 19.4 Å². The lowest BCUT2D eigenvalue weighted by molar-refractivity contribution is -0.116. The molecular weight excluding hydrogens is 374 g/mol. The van der Waals surface area contributed by atoms with E-state index >= 15 is 0 Å². The number of aromatic amines is 3. The molecule has 2 aromatic heterocycles. The summed E-state index contributed by atoms with van der Waals surface area (Å²) >= 11 is 4.83. The normalized spacial score (nSPS) is 10.7. The first-order valence-corrected chi connectivity index (χ1v) is 8.13. The van der Waals surface area contributed by atoms with Crippen molar-refractivity contribution < 1.29 is 14.7 Å². The van der Waals surface area contributed by atoms with Gasteiger partial charge in [-0.25, -0.2) is 9.78 Å². The van der Waals surface area contributed by atoms with Crippen LogP contribution in [0.4, 0.5) is 5.69 Å². The molecule has 2 heterocycles. The third kappa shape index (κ3) is 4.15. The van der Waals surface area contributed by atoms with Gasteiger partial charge in [-0.15, -0.1) is 0 Å². The van der Waals surface area contributed by atoms with Crippen molar-refractivity contribution in [1.29, 1.82) is 0 Å². The number of rotatable bonds is 5. The van der Waals surface area contributed by atoms with E-state index in [0.717, 1.165) is 0 Å². The summed E-state index contributed by atoms with van der Waals surface area (Å²) in [5, 5.41) is 11.4. The van der Waals surface area contributed by atoms with Gasteiger partial charge in [0.25, 0.3) is 11.1 Å². The van der Waals surface area contributed by atoms with E-state index < -0.39 is 17.1 Å². The number of aromatic nitrogens is 4. The highest BCUT2D eigenvalue weighted by Crippen LogP contribution is 2.10. The van der Waals surface area contributed by atoms with Crippen molar-refractivity contribution in [3.8, 4) is 0 Å². The molecule has 3 aromatic rings. The molecule has 0 aliphatic carbocycles. The van der Waals surface area contributed by atoms with Crippen molar-refractivity contribution >= 4 is 40.9 Å². The molecule has 27 heavy (non-hydrogen) atoms. The quantitative estimate of drug-likeness (QED) is 0.407. The van der Waals surface area contributed by atoms with E-state index in [1.54, 1.807) is 0 Å². The van der Waals surface area contributed by atoms with Gasteiger partial charge >= 0.3 is 5.97 Å². The van der Waals surface area contributed by atoms with Crippen LogP contribution in [0.15, 0.2) is 33.9 Å². The number of H-pyrrole nitrogens is 3. The Morgan fingerprint density at radius 3 is 2.44 bits per heavy atom. The van der Waals surface area contributed by atoms with E-state index in [9.17, 15) is 19.2 Å². The number of fused-ring (bicyclic) bond motifs is 1. The minimum Gasteiger partial charge on any atom is -0.478 e. The monoisotopic (exact) mass is 387 g/mol. The number of benzene rings is 1. The molecule has 0 atom stereocenters. The molecule has 11 heteroatoms. The summed E-state index contributed by atoms with van der Waals surface area (Å²) in [6.45, 7) is 0. The third-order valence-electron chi connectivity index (χ3n) is 3.67. The zero-order chi connectivity index (χ0) is 19.6. The van der Waals surface area contributed by atoms with Crippen LogP contribution in [0.5, 0.6) is 0 Å². The van der Waals surface area contributed by atoms with Gasteiger partial charge in [-0.1, -0.05) is 0 Å². The first-order chi connectivity index (χ1) is 12.8. The fraction of sp³-hybridized carbons (Fsp3) is 0.125. The minimum absolute atomic E-state index is 0.0112.